The molecule has 0 aliphatic heterocycles. The van der Waals surface area contributed by atoms with E-state index in [2.05, 4.69) is 13.8 Å². The van der Waals surface area contributed by atoms with Gasteiger partial charge in [-0.15, -0.1) is 0 Å². The van der Waals surface area contributed by atoms with Gasteiger partial charge in [0.25, 0.3) is 0 Å². The molecule has 17 heavy (non-hydrogen) atoms. The summed E-state index contributed by atoms with van der Waals surface area (Å²) in [5, 5.41) is 0. The summed E-state index contributed by atoms with van der Waals surface area (Å²) in [7, 11) is 3.32. The van der Waals surface area contributed by atoms with Crippen LogP contribution >= 0.6 is 0 Å². The van der Waals surface area contributed by atoms with Crippen molar-refractivity contribution >= 4 is 0 Å². The molecule has 2 N–H and O–H groups in total. The quantitative estimate of drug-likeness (QED) is 0.856. The Bertz CT molecular complexity index is 352. The molecule has 3 nitrogen and oxygen atoms in total. The van der Waals surface area contributed by atoms with Crippen LogP contribution in [-0.4, -0.2) is 14.2 Å². The minimum absolute atomic E-state index is 0.340. The molecule has 0 aliphatic carbocycles. The van der Waals surface area contributed by atoms with E-state index in [4.69, 9.17) is 15.2 Å². The molecule has 0 saturated heterocycles. The second kappa shape index (κ2) is 5.41. The lowest BCUT2D eigenvalue weighted by molar-refractivity contribution is 0.284. The molecular formula is C14H23NO2. The van der Waals surface area contributed by atoms with Crippen LogP contribution < -0.4 is 15.2 Å². The van der Waals surface area contributed by atoms with E-state index in [1.54, 1.807) is 14.2 Å². The number of hydrogen-bond acceptors (Lipinski definition) is 3. The fourth-order valence-corrected chi connectivity index (χ4v) is 2.05. The van der Waals surface area contributed by atoms with Crippen molar-refractivity contribution in [2.75, 3.05) is 14.2 Å². The molecule has 0 amide bonds. The first kappa shape index (κ1) is 13.8. The smallest absolute Gasteiger partial charge is 0.127 e. The topological polar surface area (TPSA) is 44.5 Å². The van der Waals surface area contributed by atoms with Crippen LogP contribution in [0.25, 0.3) is 0 Å². The molecule has 0 aromatic heterocycles. The van der Waals surface area contributed by atoms with Crippen LogP contribution in [0.4, 0.5) is 0 Å². The molecule has 0 saturated carbocycles. The van der Waals surface area contributed by atoms with Gasteiger partial charge in [-0.05, 0) is 25.0 Å². The minimum Gasteiger partial charge on any atom is -0.496 e. The van der Waals surface area contributed by atoms with Gasteiger partial charge < -0.3 is 15.2 Å². The van der Waals surface area contributed by atoms with E-state index in [0.29, 0.717) is 5.92 Å². The predicted octanol–water partition coefficient (Wildman–Crippen LogP) is 2.92. The molecule has 0 bridgehead atoms. The highest BCUT2D eigenvalue weighted by Gasteiger charge is 2.33. The highest BCUT2D eigenvalue weighted by Crippen LogP contribution is 2.40. The zero-order valence-electron chi connectivity index (χ0n) is 11.4. The molecule has 0 fully saturated rings. The van der Waals surface area contributed by atoms with Gasteiger partial charge in [0.1, 0.15) is 11.5 Å². The predicted molar refractivity (Wildman–Crippen MR) is 70.5 cm³/mol. The summed E-state index contributed by atoms with van der Waals surface area (Å²) in [6.07, 6.45) is 1.01. The SMILES string of the molecule is CCC(C)C(C)(N)c1c(OC)cccc1OC. The average molecular weight is 237 g/mol. The van der Waals surface area contributed by atoms with Gasteiger partial charge in [0, 0.05) is 5.54 Å². The Morgan fingerprint density at radius 3 is 2.06 bits per heavy atom. The number of nitrogens with two attached hydrogens (primary N) is 1. The zero-order chi connectivity index (χ0) is 13.1. The molecule has 1 aromatic carbocycles. The van der Waals surface area contributed by atoms with Crippen LogP contribution in [0.1, 0.15) is 32.8 Å². The molecule has 2 unspecified atom stereocenters. The van der Waals surface area contributed by atoms with Gasteiger partial charge >= 0.3 is 0 Å². The van der Waals surface area contributed by atoms with Crippen molar-refractivity contribution in [3.05, 3.63) is 23.8 Å². The molecule has 0 aliphatic rings. The van der Waals surface area contributed by atoms with Crippen molar-refractivity contribution in [2.45, 2.75) is 32.7 Å². The van der Waals surface area contributed by atoms with Crippen molar-refractivity contribution in [1.29, 1.82) is 0 Å². The van der Waals surface area contributed by atoms with E-state index in [1.807, 2.05) is 25.1 Å². The van der Waals surface area contributed by atoms with Crippen LogP contribution in [0.5, 0.6) is 11.5 Å². The second-order valence-electron chi connectivity index (χ2n) is 4.63. The summed E-state index contributed by atoms with van der Waals surface area (Å²) in [6, 6.07) is 5.75. The first-order valence-corrected chi connectivity index (χ1v) is 5.99. The highest BCUT2D eigenvalue weighted by atomic mass is 16.5. The summed E-state index contributed by atoms with van der Waals surface area (Å²) in [5.74, 6) is 1.91. The van der Waals surface area contributed by atoms with E-state index in [1.165, 1.54) is 0 Å². The van der Waals surface area contributed by atoms with E-state index in [0.717, 1.165) is 23.5 Å². The van der Waals surface area contributed by atoms with Gasteiger partial charge in [-0.25, -0.2) is 0 Å². The number of rotatable bonds is 5. The second-order valence-corrected chi connectivity index (χ2v) is 4.63. The monoisotopic (exact) mass is 237 g/mol. The van der Waals surface area contributed by atoms with E-state index in [-0.39, 0.29) is 0 Å². The number of ether oxygens (including phenoxy) is 2. The maximum absolute atomic E-state index is 6.48. The van der Waals surface area contributed by atoms with Crippen LogP contribution in [0.2, 0.25) is 0 Å². The minimum atomic E-state index is -0.466. The van der Waals surface area contributed by atoms with E-state index < -0.39 is 5.54 Å². The molecule has 96 valence electrons. The molecule has 3 heteroatoms. The largest absolute Gasteiger partial charge is 0.496 e. The van der Waals surface area contributed by atoms with Crippen LogP contribution in [0.15, 0.2) is 18.2 Å². The van der Waals surface area contributed by atoms with Crippen LogP contribution in [0.3, 0.4) is 0 Å². The maximum atomic E-state index is 6.48. The van der Waals surface area contributed by atoms with Gasteiger partial charge in [-0.1, -0.05) is 26.3 Å². The number of methoxy groups -OCH3 is 2. The molecule has 1 aromatic rings. The molecule has 2 atom stereocenters. The highest BCUT2D eigenvalue weighted by molar-refractivity contribution is 5.49. The molecule has 0 spiro atoms. The standard InChI is InChI=1S/C14H23NO2/c1-6-10(2)14(3,15)13-11(16-4)8-7-9-12(13)17-5/h7-10H,6,15H2,1-5H3. The lowest BCUT2D eigenvalue weighted by atomic mass is 9.79. The Kier molecular flexibility index (Phi) is 4.40. The molecule has 1 rings (SSSR count). The van der Waals surface area contributed by atoms with Crippen LogP contribution in [0, 0.1) is 5.92 Å². The van der Waals surface area contributed by atoms with Gasteiger partial charge in [-0.3, -0.25) is 0 Å². The molecular weight excluding hydrogens is 214 g/mol. The Morgan fingerprint density at radius 1 is 1.24 bits per heavy atom. The van der Waals surface area contributed by atoms with Crippen molar-refractivity contribution in [3.8, 4) is 11.5 Å². The third kappa shape index (κ3) is 2.55. The summed E-state index contributed by atoms with van der Waals surface area (Å²) in [5.41, 5.74) is 6.96. The van der Waals surface area contributed by atoms with Crippen molar-refractivity contribution in [3.63, 3.8) is 0 Å². The van der Waals surface area contributed by atoms with Crippen LogP contribution in [-0.2, 0) is 5.54 Å². The van der Waals surface area contributed by atoms with Crippen molar-refractivity contribution in [1.82, 2.24) is 0 Å². The van der Waals surface area contributed by atoms with Gasteiger partial charge in [0.2, 0.25) is 0 Å². The Labute approximate surface area is 104 Å². The first-order chi connectivity index (χ1) is 7.98. The van der Waals surface area contributed by atoms with Gasteiger partial charge in [0.15, 0.2) is 0 Å². The summed E-state index contributed by atoms with van der Waals surface area (Å²) in [6.45, 7) is 6.31. The fraction of sp³-hybridized carbons (Fsp3) is 0.571. The Morgan fingerprint density at radius 2 is 1.71 bits per heavy atom. The average Bonchev–Trinajstić information content (AvgIpc) is 2.36. The van der Waals surface area contributed by atoms with E-state index >= 15 is 0 Å². The third-order valence-corrected chi connectivity index (χ3v) is 3.60. The Balaban J connectivity index is 3.36. The fourth-order valence-electron chi connectivity index (χ4n) is 2.05. The lowest BCUT2D eigenvalue weighted by Gasteiger charge is -2.33. The molecule has 0 heterocycles. The van der Waals surface area contributed by atoms with E-state index in [9.17, 15) is 0 Å². The summed E-state index contributed by atoms with van der Waals surface area (Å²) < 4.78 is 10.8. The zero-order valence-corrected chi connectivity index (χ0v) is 11.4. The lowest BCUT2D eigenvalue weighted by Crippen LogP contribution is -2.40. The Hall–Kier alpha value is -1.22. The normalized spacial score (nSPS) is 16.1. The number of benzene rings is 1. The van der Waals surface area contributed by atoms with Crippen molar-refractivity contribution < 1.29 is 9.47 Å². The third-order valence-electron chi connectivity index (χ3n) is 3.60. The first-order valence-electron chi connectivity index (χ1n) is 5.99. The summed E-state index contributed by atoms with van der Waals surface area (Å²) in [4.78, 5) is 0. The number of hydrogen-bond donors (Lipinski definition) is 1. The summed E-state index contributed by atoms with van der Waals surface area (Å²) >= 11 is 0. The van der Waals surface area contributed by atoms with Crippen molar-refractivity contribution in [2.24, 2.45) is 11.7 Å². The maximum Gasteiger partial charge on any atom is 0.127 e. The van der Waals surface area contributed by atoms with Gasteiger partial charge in [-0.2, -0.15) is 0 Å². The molecule has 0 radical (unpaired) electrons. The van der Waals surface area contributed by atoms with Gasteiger partial charge in [0.05, 0.1) is 19.8 Å².